The molecule has 2 aromatic rings. The van der Waals surface area contributed by atoms with E-state index in [1.807, 2.05) is 0 Å². The van der Waals surface area contributed by atoms with Crippen LogP contribution in [0.5, 0.6) is 0 Å². The predicted molar refractivity (Wildman–Crippen MR) is 125 cm³/mol. The van der Waals surface area contributed by atoms with E-state index in [9.17, 15) is 4.79 Å². The molecule has 1 saturated carbocycles. The van der Waals surface area contributed by atoms with Crippen LogP contribution >= 0.6 is 0 Å². The van der Waals surface area contributed by atoms with Crippen LogP contribution in [0.15, 0.2) is 24.4 Å². The second-order valence-corrected chi connectivity index (χ2v) is 9.40. The monoisotopic (exact) mass is 421 g/mol. The minimum atomic E-state index is 0.170. The van der Waals surface area contributed by atoms with Crippen LogP contribution in [0.1, 0.15) is 57.6 Å². The molecule has 6 heteroatoms. The number of aromatic nitrogens is 2. The molecule has 166 valence electrons. The van der Waals surface area contributed by atoms with Gasteiger partial charge in [-0.15, -0.1) is 0 Å². The van der Waals surface area contributed by atoms with Crippen LogP contribution in [0.3, 0.4) is 0 Å². The SMILES string of the molecule is CCCN1CCn2c(cnc2-c2ccc(NC(=O)C3CC3)cc2N2CCCCCC2)C1. The lowest BCUT2D eigenvalue weighted by Crippen LogP contribution is -2.34. The third-order valence-corrected chi connectivity index (χ3v) is 6.90. The molecule has 0 atom stereocenters. The van der Waals surface area contributed by atoms with Gasteiger partial charge in [-0.25, -0.2) is 4.98 Å². The fraction of sp³-hybridized carbons (Fsp3) is 0.600. The average Bonchev–Trinajstić information content (AvgIpc) is 3.59. The second kappa shape index (κ2) is 9.03. The smallest absolute Gasteiger partial charge is 0.227 e. The predicted octanol–water partition coefficient (Wildman–Crippen LogP) is 4.50. The van der Waals surface area contributed by atoms with Crippen molar-refractivity contribution in [1.82, 2.24) is 14.5 Å². The van der Waals surface area contributed by atoms with Crippen molar-refractivity contribution < 1.29 is 4.79 Å². The number of imidazole rings is 1. The Morgan fingerprint density at radius 3 is 2.65 bits per heavy atom. The number of nitrogens with one attached hydrogen (secondary N) is 1. The summed E-state index contributed by atoms with van der Waals surface area (Å²) in [6, 6.07) is 6.43. The van der Waals surface area contributed by atoms with Crippen LogP contribution in [0.4, 0.5) is 11.4 Å². The molecule has 1 N–H and O–H groups in total. The summed E-state index contributed by atoms with van der Waals surface area (Å²) in [4.78, 5) is 22.3. The Morgan fingerprint density at radius 2 is 1.90 bits per heavy atom. The molecule has 31 heavy (non-hydrogen) atoms. The van der Waals surface area contributed by atoms with E-state index >= 15 is 0 Å². The number of carbonyl (C=O) groups is 1. The van der Waals surface area contributed by atoms with Gasteiger partial charge in [0.15, 0.2) is 0 Å². The molecular formula is C25H35N5O. The van der Waals surface area contributed by atoms with Crippen LogP contribution in [0.2, 0.25) is 0 Å². The van der Waals surface area contributed by atoms with E-state index in [4.69, 9.17) is 4.98 Å². The van der Waals surface area contributed by atoms with Gasteiger partial charge < -0.3 is 14.8 Å². The highest BCUT2D eigenvalue weighted by atomic mass is 16.2. The number of rotatable bonds is 6. The highest BCUT2D eigenvalue weighted by Gasteiger charge is 2.30. The van der Waals surface area contributed by atoms with Crippen molar-refractivity contribution in [3.05, 3.63) is 30.1 Å². The third kappa shape index (κ3) is 4.49. The van der Waals surface area contributed by atoms with Crippen LogP contribution in [-0.2, 0) is 17.9 Å². The minimum Gasteiger partial charge on any atom is -0.371 e. The molecule has 1 amide bonds. The molecule has 0 radical (unpaired) electrons. The van der Waals surface area contributed by atoms with Crippen LogP contribution in [0, 0.1) is 5.92 Å². The first-order valence-corrected chi connectivity index (χ1v) is 12.2. The molecule has 1 aromatic carbocycles. The Kier molecular flexibility index (Phi) is 5.99. The van der Waals surface area contributed by atoms with Crippen molar-refractivity contribution in [2.75, 3.05) is 36.4 Å². The van der Waals surface area contributed by atoms with Gasteiger partial charge in [-0.1, -0.05) is 19.8 Å². The molecule has 3 heterocycles. The number of hydrogen-bond acceptors (Lipinski definition) is 4. The molecule has 5 rings (SSSR count). The lowest BCUT2D eigenvalue weighted by atomic mass is 10.1. The molecule has 1 aromatic heterocycles. The Hall–Kier alpha value is -2.34. The van der Waals surface area contributed by atoms with Crippen molar-refractivity contribution in [3.8, 4) is 11.4 Å². The minimum absolute atomic E-state index is 0.170. The number of hydrogen-bond donors (Lipinski definition) is 1. The summed E-state index contributed by atoms with van der Waals surface area (Å²) in [6.45, 7) is 8.59. The van der Waals surface area contributed by atoms with Crippen molar-refractivity contribution in [2.24, 2.45) is 5.92 Å². The van der Waals surface area contributed by atoms with Gasteiger partial charge in [-0.3, -0.25) is 9.69 Å². The van der Waals surface area contributed by atoms with Crippen molar-refractivity contribution in [2.45, 2.75) is 65.0 Å². The molecule has 3 aliphatic rings. The van der Waals surface area contributed by atoms with E-state index < -0.39 is 0 Å². The number of nitrogens with zero attached hydrogens (tertiary/aromatic N) is 4. The number of fused-ring (bicyclic) bond motifs is 1. The van der Waals surface area contributed by atoms with Crippen molar-refractivity contribution in [3.63, 3.8) is 0 Å². The molecule has 6 nitrogen and oxygen atoms in total. The van der Waals surface area contributed by atoms with E-state index in [2.05, 4.69) is 51.0 Å². The number of carbonyl (C=O) groups excluding carboxylic acids is 1. The summed E-state index contributed by atoms with van der Waals surface area (Å²) >= 11 is 0. The zero-order valence-corrected chi connectivity index (χ0v) is 18.8. The maximum Gasteiger partial charge on any atom is 0.227 e. The largest absolute Gasteiger partial charge is 0.371 e. The fourth-order valence-corrected chi connectivity index (χ4v) is 5.02. The normalized spacial score (nSPS) is 19.7. The first-order chi connectivity index (χ1) is 15.2. The Labute approximate surface area is 185 Å². The number of amides is 1. The Balaban J connectivity index is 1.48. The molecule has 1 aliphatic carbocycles. The summed E-state index contributed by atoms with van der Waals surface area (Å²) in [5.41, 5.74) is 4.64. The van der Waals surface area contributed by atoms with E-state index in [0.717, 1.165) is 63.6 Å². The molecule has 0 spiro atoms. The Bertz CT molecular complexity index is 924. The highest BCUT2D eigenvalue weighted by Crippen LogP contribution is 2.36. The van der Waals surface area contributed by atoms with Crippen LogP contribution in [-0.4, -0.2) is 46.5 Å². The Morgan fingerprint density at radius 1 is 1.10 bits per heavy atom. The summed E-state index contributed by atoms with van der Waals surface area (Å²) in [7, 11) is 0. The van der Waals surface area contributed by atoms with Gasteiger partial charge in [0, 0.05) is 55.6 Å². The quantitative estimate of drug-likeness (QED) is 0.746. The maximum atomic E-state index is 12.4. The number of anilines is 2. The molecule has 1 saturated heterocycles. The van der Waals surface area contributed by atoms with Gasteiger partial charge in [0.05, 0.1) is 11.9 Å². The third-order valence-electron chi connectivity index (χ3n) is 6.90. The van der Waals surface area contributed by atoms with Gasteiger partial charge >= 0.3 is 0 Å². The summed E-state index contributed by atoms with van der Waals surface area (Å²) in [5, 5.41) is 3.15. The maximum absolute atomic E-state index is 12.4. The van der Waals surface area contributed by atoms with Crippen LogP contribution < -0.4 is 10.2 Å². The van der Waals surface area contributed by atoms with E-state index in [-0.39, 0.29) is 11.8 Å². The fourth-order valence-electron chi connectivity index (χ4n) is 5.02. The summed E-state index contributed by atoms with van der Waals surface area (Å²) in [6.07, 6.45) is 10.4. The summed E-state index contributed by atoms with van der Waals surface area (Å²) in [5.74, 6) is 1.46. The lowest BCUT2D eigenvalue weighted by molar-refractivity contribution is -0.117. The van der Waals surface area contributed by atoms with Crippen molar-refractivity contribution in [1.29, 1.82) is 0 Å². The first-order valence-electron chi connectivity index (χ1n) is 12.2. The van der Waals surface area contributed by atoms with E-state index in [1.54, 1.807) is 0 Å². The molecule has 2 aliphatic heterocycles. The summed E-state index contributed by atoms with van der Waals surface area (Å²) < 4.78 is 2.41. The number of benzene rings is 1. The van der Waals surface area contributed by atoms with Gasteiger partial charge in [0.25, 0.3) is 0 Å². The zero-order valence-electron chi connectivity index (χ0n) is 18.8. The average molecular weight is 422 g/mol. The van der Waals surface area contributed by atoms with Gasteiger partial charge in [-0.05, 0) is 56.8 Å². The lowest BCUT2D eigenvalue weighted by Gasteiger charge is -2.30. The standard InChI is InChI=1S/C25H35N5O/c1-2-11-28-14-15-30-21(18-28)17-26-24(30)22-10-9-20(27-25(31)19-7-8-19)16-23(22)29-12-5-3-4-6-13-29/h9-10,16-17,19H,2-8,11-15,18H2,1H3,(H,27,31). The topological polar surface area (TPSA) is 53.4 Å². The molecule has 0 bridgehead atoms. The molecule has 2 fully saturated rings. The molecular weight excluding hydrogens is 386 g/mol. The van der Waals surface area contributed by atoms with E-state index in [1.165, 1.54) is 49.0 Å². The first kappa shape index (κ1) is 20.6. The second-order valence-electron chi connectivity index (χ2n) is 9.40. The van der Waals surface area contributed by atoms with Crippen molar-refractivity contribution >= 4 is 17.3 Å². The van der Waals surface area contributed by atoms with Gasteiger partial charge in [0.2, 0.25) is 5.91 Å². The molecule has 0 unspecified atom stereocenters. The van der Waals surface area contributed by atoms with Crippen LogP contribution in [0.25, 0.3) is 11.4 Å². The van der Waals surface area contributed by atoms with E-state index in [0.29, 0.717) is 0 Å². The van der Waals surface area contributed by atoms with Gasteiger partial charge in [-0.2, -0.15) is 0 Å². The zero-order chi connectivity index (χ0) is 21.2. The van der Waals surface area contributed by atoms with Gasteiger partial charge in [0.1, 0.15) is 5.82 Å². The highest BCUT2D eigenvalue weighted by molar-refractivity contribution is 5.95.